The molecule has 0 spiro atoms. The van der Waals surface area contributed by atoms with Gasteiger partial charge in [0.1, 0.15) is 0 Å². The van der Waals surface area contributed by atoms with Crippen molar-refractivity contribution < 1.29 is 4.43 Å². The van der Waals surface area contributed by atoms with Crippen LogP contribution in [0.5, 0.6) is 0 Å². The molecule has 2 atom stereocenters. The topological polar surface area (TPSA) is 9.23 Å². The Balaban J connectivity index is 2.11. The van der Waals surface area contributed by atoms with Crippen molar-refractivity contribution in [3.05, 3.63) is 65.7 Å². The smallest absolute Gasteiger partial charge is 0.0653 e. The molecule has 0 aromatic heterocycles. The van der Waals surface area contributed by atoms with Crippen LogP contribution in [0, 0.1) is 0 Å². The maximum Gasteiger partial charge on any atom is 0.0653 e. The lowest BCUT2D eigenvalue weighted by atomic mass is 10.0. The summed E-state index contributed by atoms with van der Waals surface area (Å²) in [6.45, 7) is 4.57. The Bertz CT molecular complexity index is 552. The zero-order valence-electron chi connectivity index (χ0n) is 10.9. The number of hydrogen-bond donors (Lipinski definition) is 0. The second-order valence-electron chi connectivity index (χ2n) is 5.08. The van der Waals surface area contributed by atoms with Gasteiger partial charge >= 0.3 is 0 Å². The van der Waals surface area contributed by atoms with Crippen LogP contribution in [0.4, 0.5) is 0 Å². The first kappa shape index (κ1) is 11.7. The van der Waals surface area contributed by atoms with E-state index in [0.29, 0.717) is 0 Å². The van der Waals surface area contributed by atoms with E-state index in [4.69, 9.17) is 4.43 Å². The van der Waals surface area contributed by atoms with Gasteiger partial charge in [-0.05, 0) is 11.1 Å². The lowest BCUT2D eigenvalue weighted by Crippen LogP contribution is -2.42. The summed E-state index contributed by atoms with van der Waals surface area (Å²) < 4.78 is 6.49. The molecule has 1 heterocycles. The van der Waals surface area contributed by atoms with Crippen LogP contribution in [0.3, 0.4) is 0 Å². The second kappa shape index (κ2) is 4.37. The van der Waals surface area contributed by atoms with E-state index >= 15 is 0 Å². The van der Waals surface area contributed by atoms with Crippen LogP contribution in [-0.2, 0) is 4.43 Å². The summed E-state index contributed by atoms with van der Waals surface area (Å²) in [5.41, 5.74) is 2.65. The van der Waals surface area contributed by atoms with Crippen molar-refractivity contribution in [2.75, 3.05) is 0 Å². The predicted octanol–water partition coefficient (Wildman–Crippen LogP) is 3.61. The fraction of sp³-hybridized carbons (Fsp3) is 0.250. The number of benzene rings is 2. The minimum absolute atomic E-state index is 0.138. The van der Waals surface area contributed by atoms with Crippen LogP contribution >= 0.6 is 0 Å². The standard InChI is InChI=1S/C16H18OSi/c1-3-18(2)15-12-8-7-11-14(15)16(17-18)13-9-5-4-6-10-13/h4-12,16H,3H2,1-2H3/q-1. The summed E-state index contributed by atoms with van der Waals surface area (Å²) in [6.07, 6.45) is 0.138. The molecule has 1 nitrogen and oxygen atoms in total. The van der Waals surface area contributed by atoms with Gasteiger partial charge in [0.15, 0.2) is 0 Å². The monoisotopic (exact) mass is 254 g/mol. The van der Waals surface area contributed by atoms with Crippen LogP contribution in [0.25, 0.3) is 0 Å². The molecule has 0 bridgehead atoms. The lowest BCUT2D eigenvalue weighted by molar-refractivity contribution is 0.256. The Morgan fingerprint density at radius 3 is 2.39 bits per heavy atom. The third-order valence-corrected chi connectivity index (χ3v) is 7.67. The SMILES string of the molecule is CC[Si-]1(C)OC(c2ccccc2)c2ccccc21. The van der Waals surface area contributed by atoms with Crippen LogP contribution in [-0.4, -0.2) is 8.32 Å². The van der Waals surface area contributed by atoms with Gasteiger partial charge < -0.3 is 4.43 Å². The van der Waals surface area contributed by atoms with Gasteiger partial charge in [0.25, 0.3) is 0 Å². The Labute approximate surface area is 110 Å². The van der Waals surface area contributed by atoms with Gasteiger partial charge in [-0.3, -0.25) is 0 Å². The highest BCUT2D eigenvalue weighted by atomic mass is 28.4. The Hall–Kier alpha value is -1.38. The number of hydrogen-bond acceptors (Lipinski definition) is 1. The Morgan fingerprint density at radius 1 is 1.00 bits per heavy atom. The maximum atomic E-state index is 6.49. The first-order valence-corrected chi connectivity index (χ1v) is 9.18. The van der Waals surface area contributed by atoms with Gasteiger partial charge in [0.05, 0.1) is 6.10 Å². The van der Waals surface area contributed by atoms with Crippen LogP contribution in [0.1, 0.15) is 24.2 Å². The molecular formula is C16H18OSi-. The van der Waals surface area contributed by atoms with Gasteiger partial charge in [-0.15, -0.1) is 12.6 Å². The van der Waals surface area contributed by atoms with E-state index in [1.165, 1.54) is 16.3 Å². The van der Waals surface area contributed by atoms with Gasteiger partial charge in [0, 0.05) is 8.32 Å². The first-order chi connectivity index (χ1) is 8.74. The van der Waals surface area contributed by atoms with Crippen molar-refractivity contribution >= 4 is 13.5 Å². The van der Waals surface area contributed by atoms with Crippen molar-refractivity contribution in [3.8, 4) is 0 Å². The molecule has 0 amide bonds. The van der Waals surface area contributed by atoms with Crippen molar-refractivity contribution in [2.24, 2.45) is 0 Å². The molecule has 93 valence electrons. The minimum Gasteiger partial charge on any atom is -0.552 e. The van der Waals surface area contributed by atoms with Crippen molar-refractivity contribution in [2.45, 2.75) is 25.6 Å². The normalized spacial score (nSPS) is 26.0. The van der Waals surface area contributed by atoms with E-state index in [1.807, 2.05) is 0 Å². The van der Waals surface area contributed by atoms with E-state index in [2.05, 4.69) is 68.1 Å². The van der Waals surface area contributed by atoms with Gasteiger partial charge in [-0.25, -0.2) is 0 Å². The average molecular weight is 254 g/mol. The summed E-state index contributed by atoms with van der Waals surface area (Å²) in [4.78, 5) is 0. The molecule has 0 fully saturated rings. The van der Waals surface area contributed by atoms with E-state index < -0.39 is 8.32 Å². The molecule has 2 aromatic rings. The highest BCUT2D eigenvalue weighted by molar-refractivity contribution is 6.86. The van der Waals surface area contributed by atoms with Crippen LogP contribution < -0.4 is 5.19 Å². The second-order valence-corrected chi connectivity index (χ2v) is 9.02. The Kier molecular flexibility index (Phi) is 2.84. The zero-order chi connectivity index (χ0) is 12.6. The highest BCUT2D eigenvalue weighted by Gasteiger charge is 2.31. The van der Waals surface area contributed by atoms with E-state index in [9.17, 15) is 0 Å². The molecule has 18 heavy (non-hydrogen) atoms. The molecule has 1 aliphatic rings. The molecule has 3 rings (SSSR count). The van der Waals surface area contributed by atoms with Crippen LogP contribution in [0.15, 0.2) is 54.6 Å². The molecule has 2 unspecified atom stereocenters. The van der Waals surface area contributed by atoms with Gasteiger partial charge in [-0.2, -0.15) is 5.19 Å². The van der Waals surface area contributed by atoms with Gasteiger partial charge in [-0.1, -0.05) is 61.5 Å². The average Bonchev–Trinajstić information content (AvgIpc) is 2.75. The fourth-order valence-corrected chi connectivity index (χ4v) is 5.48. The molecule has 0 saturated heterocycles. The largest absolute Gasteiger partial charge is 0.552 e. The van der Waals surface area contributed by atoms with Crippen molar-refractivity contribution in [1.82, 2.24) is 0 Å². The molecule has 0 aliphatic carbocycles. The maximum absolute atomic E-state index is 6.49. The lowest BCUT2D eigenvalue weighted by Gasteiger charge is -2.35. The molecule has 0 radical (unpaired) electrons. The minimum atomic E-state index is -1.73. The van der Waals surface area contributed by atoms with E-state index in [0.717, 1.165) is 6.04 Å². The third-order valence-electron chi connectivity index (χ3n) is 3.97. The molecule has 0 N–H and O–H groups in total. The summed E-state index contributed by atoms with van der Waals surface area (Å²) >= 11 is 0. The predicted molar refractivity (Wildman–Crippen MR) is 77.5 cm³/mol. The fourth-order valence-electron chi connectivity index (χ4n) is 2.74. The van der Waals surface area contributed by atoms with Crippen molar-refractivity contribution in [3.63, 3.8) is 0 Å². The summed E-state index contributed by atoms with van der Waals surface area (Å²) in [6, 6.07) is 20.4. The molecule has 2 heteroatoms. The summed E-state index contributed by atoms with van der Waals surface area (Å²) in [7, 11) is -1.73. The van der Waals surface area contributed by atoms with Crippen molar-refractivity contribution in [1.29, 1.82) is 0 Å². The number of fused-ring (bicyclic) bond motifs is 1. The molecule has 0 saturated carbocycles. The van der Waals surface area contributed by atoms with Crippen LogP contribution in [0.2, 0.25) is 12.6 Å². The summed E-state index contributed by atoms with van der Waals surface area (Å²) in [5, 5.41) is 1.47. The highest BCUT2D eigenvalue weighted by Crippen LogP contribution is 2.36. The number of rotatable bonds is 2. The Morgan fingerprint density at radius 2 is 1.67 bits per heavy atom. The zero-order valence-corrected chi connectivity index (χ0v) is 11.9. The third kappa shape index (κ3) is 1.73. The van der Waals surface area contributed by atoms with Gasteiger partial charge in [0.2, 0.25) is 0 Å². The molecule has 2 aromatic carbocycles. The van der Waals surface area contributed by atoms with E-state index in [1.54, 1.807) is 0 Å². The molecule has 1 aliphatic heterocycles. The molecular weight excluding hydrogens is 236 g/mol. The van der Waals surface area contributed by atoms with E-state index in [-0.39, 0.29) is 6.10 Å². The quantitative estimate of drug-likeness (QED) is 0.744. The summed E-state index contributed by atoms with van der Waals surface area (Å²) in [5.74, 6) is 0. The first-order valence-electron chi connectivity index (χ1n) is 6.57.